The van der Waals surface area contributed by atoms with Crippen LogP contribution in [0.3, 0.4) is 0 Å². The lowest BCUT2D eigenvalue weighted by Gasteiger charge is -1.99. The maximum atomic E-state index is 2.19. The van der Waals surface area contributed by atoms with Crippen LogP contribution in [-0.2, 0) is 0 Å². The molecule has 1 heterocycles. The summed E-state index contributed by atoms with van der Waals surface area (Å²) in [5.41, 5.74) is 0. The van der Waals surface area contributed by atoms with Gasteiger partial charge in [-0.25, -0.2) is 0 Å². The maximum Gasteiger partial charge on any atom is -0.00653 e. The molecule has 0 spiro atoms. The van der Waals surface area contributed by atoms with E-state index >= 15 is 0 Å². The van der Waals surface area contributed by atoms with Crippen molar-refractivity contribution in [1.29, 1.82) is 0 Å². The summed E-state index contributed by atoms with van der Waals surface area (Å²) in [5, 5.41) is 4.23. The molecule has 0 aliphatic carbocycles. The fourth-order valence-electron chi connectivity index (χ4n) is 0.448. The molecule has 0 aromatic carbocycles. The third kappa shape index (κ3) is 1.39. The quantitative estimate of drug-likeness (QED) is 0.463. The number of hydrogen-bond donors (Lipinski definition) is 0. The zero-order valence-electron chi connectivity index (χ0n) is 4.29. The first-order valence-electron chi connectivity index (χ1n) is 2.38. The molecule has 0 saturated heterocycles. The second-order valence-corrected chi connectivity index (χ2v) is 2.47. The zero-order chi connectivity index (χ0) is 5.11. The highest BCUT2D eigenvalue weighted by atomic mass is 32.2. The molecule has 0 nitrogen and oxygen atoms in total. The number of hydrogen-bond acceptors (Lipinski definition) is 1. The van der Waals surface area contributed by atoms with Crippen LogP contribution in [0.15, 0.2) is 23.0 Å². The molecule has 0 saturated carbocycles. The van der Waals surface area contributed by atoms with Crippen LogP contribution in [0.1, 0.15) is 6.92 Å². The van der Waals surface area contributed by atoms with Crippen molar-refractivity contribution in [3.05, 3.63) is 23.0 Å². The molecule has 1 heteroatoms. The van der Waals surface area contributed by atoms with E-state index in [0.29, 0.717) is 5.92 Å². The Labute approximate surface area is 48.3 Å². The van der Waals surface area contributed by atoms with Gasteiger partial charge in [-0.2, -0.15) is 0 Å². The van der Waals surface area contributed by atoms with Gasteiger partial charge in [-0.3, -0.25) is 0 Å². The predicted octanol–water partition coefficient (Wildman–Crippen LogP) is 2.40. The Kier molecular flexibility index (Phi) is 1.58. The third-order valence-corrected chi connectivity index (χ3v) is 1.55. The van der Waals surface area contributed by atoms with Crippen LogP contribution in [0.2, 0.25) is 0 Å². The van der Waals surface area contributed by atoms with Crippen LogP contribution in [0.4, 0.5) is 0 Å². The molecule has 0 amide bonds. The highest BCUT2D eigenvalue weighted by Crippen LogP contribution is 2.15. The van der Waals surface area contributed by atoms with Crippen molar-refractivity contribution in [2.75, 3.05) is 0 Å². The Hall–Kier alpha value is -0.170. The summed E-state index contributed by atoms with van der Waals surface area (Å²) in [5.74, 6) is 0.654. The van der Waals surface area contributed by atoms with Gasteiger partial charge in [0.2, 0.25) is 0 Å². The molecule has 7 heavy (non-hydrogen) atoms. The summed E-state index contributed by atoms with van der Waals surface area (Å²) < 4.78 is 0. The average molecular weight is 112 g/mol. The SMILES string of the molecule is CC1C=CSC=C1. The van der Waals surface area contributed by atoms with Gasteiger partial charge in [0.15, 0.2) is 0 Å². The lowest BCUT2D eigenvalue weighted by molar-refractivity contribution is 0.943. The van der Waals surface area contributed by atoms with Crippen molar-refractivity contribution in [2.24, 2.45) is 5.92 Å². The van der Waals surface area contributed by atoms with Gasteiger partial charge in [-0.1, -0.05) is 19.1 Å². The lowest BCUT2D eigenvalue weighted by atomic mass is 10.2. The standard InChI is InChI=1S/C6H8S/c1-6-2-4-7-5-3-6/h2-6H,1H3. The number of rotatable bonds is 0. The van der Waals surface area contributed by atoms with Gasteiger partial charge in [-0.05, 0) is 16.7 Å². The molecular weight excluding hydrogens is 104 g/mol. The van der Waals surface area contributed by atoms with Crippen LogP contribution in [0, 0.1) is 5.92 Å². The van der Waals surface area contributed by atoms with E-state index in [1.807, 2.05) is 0 Å². The van der Waals surface area contributed by atoms with E-state index in [1.165, 1.54) is 0 Å². The fourth-order valence-corrected chi connectivity index (χ4v) is 1.22. The molecule has 38 valence electrons. The van der Waals surface area contributed by atoms with Crippen LogP contribution < -0.4 is 0 Å². The Balaban J connectivity index is 2.49. The smallest absolute Gasteiger partial charge is 0.00653 e. The molecule has 0 aromatic rings. The molecule has 1 aliphatic rings. The van der Waals surface area contributed by atoms with Crippen LogP contribution in [0.25, 0.3) is 0 Å². The van der Waals surface area contributed by atoms with E-state index < -0.39 is 0 Å². The minimum Gasteiger partial charge on any atom is -0.107 e. The van der Waals surface area contributed by atoms with E-state index in [4.69, 9.17) is 0 Å². The van der Waals surface area contributed by atoms with Crippen molar-refractivity contribution in [2.45, 2.75) is 6.92 Å². The Bertz CT molecular complexity index is 90.7. The molecule has 0 fully saturated rings. The van der Waals surface area contributed by atoms with Gasteiger partial charge in [-0.15, -0.1) is 11.8 Å². The third-order valence-electron chi connectivity index (χ3n) is 0.921. The van der Waals surface area contributed by atoms with Gasteiger partial charge >= 0.3 is 0 Å². The van der Waals surface area contributed by atoms with E-state index in [1.54, 1.807) is 11.8 Å². The molecule has 0 aromatic heterocycles. The first-order chi connectivity index (χ1) is 3.39. The molecule has 1 aliphatic heterocycles. The van der Waals surface area contributed by atoms with Crippen LogP contribution >= 0.6 is 11.8 Å². The second kappa shape index (κ2) is 2.22. The molecule has 0 bridgehead atoms. The molecule has 0 N–H and O–H groups in total. The fraction of sp³-hybridized carbons (Fsp3) is 0.333. The summed E-state index contributed by atoms with van der Waals surface area (Å²) in [6, 6.07) is 0. The first kappa shape index (κ1) is 4.98. The zero-order valence-corrected chi connectivity index (χ0v) is 5.11. The highest BCUT2D eigenvalue weighted by molar-refractivity contribution is 8.04. The van der Waals surface area contributed by atoms with E-state index in [0.717, 1.165) is 0 Å². The maximum absolute atomic E-state index is 2.19. The molecule has 0 unspecified atom stereocenters. The molecule has 0 radical (unpaired) electrons. The van der Waals surface area contributed by atoms with Gasteiger partial charge in [0.25, 0.3) is 0 Å². The summed E-state index contributed by atoms with van der Waals surface area (Å²) in [6.45, 7) is 2.17. The van der Waals surface area contributed by atoms with Crippen molar-refractivity contribution in [3.8, 4) is 0 Å². The molecule has 0 atom stereocenters. The Morgan fingerprint density at radius 2 is 1.86 bits per heavy atom. The van der Waals surface area contributed by atoms with Crippen molar-refractivity contribution >= 4 is 11.8 Å². The van der Waals surface area contributed by atoms with Crippen LogP contribution in [0.5, 0.6) is 0 Å². The van der Waals surface area contributed by atoms with Crippen molar-refractivity contribution in [3.63, 3.8) is 0 Å². The minimum absolute atomic E-state index is 0.654. The Morgan fingerprint density at radius 3 is 2.14 bits per heavy atom. The summed E-state index contributed by atoms with van der Waals surface area (Å²) in [4.78, 5) is 0. The number of thioether (sulfide) groups is 1. The largest absolute Gasteiger partial charge is 0.107 e. The Morgan fingerprint density at radius 1 is 1.29 bits per heavy atom. The topological polar surface area (TPSA) is 0 Å². The van der Waals surface area contributed by atoms with Gasteiger partial charge in [0.05, 0.1) is 0 Å². The molecular formula is C6H8S. The summed E-state index contributed by atoms with van der Waals surface area (Å²) in [7, 11) is 0. The summed E-state index contributed by atoms with van der Waals surface area (Å²) in [6.07, 6.45) is 4.37. The van der Waals surface area contributed by atoms with Gasteiger partial charge < -0.3 is 0 Å². The normalized spacial score (nSPS) is 20.7. The summed E-state index contributed by atoms with van der Waals surface area (Å²) >= 11 is 1.74. The monoisotopic (exact) mass is 112 g/mol. The number of allylic oxidation sites excluding steroid dienone is 2. The minimum atomic E-state index is 0.654. The predicted molar refractivity (Wildman–Crippen MR) is 35.0 cm³/mol. The van der Waals surface area contributed by atoms with E-state index in [2.05, 4.69) is 29.9 Å². The van der Waals surface area contributed by atoms with Gasteiger partial charge in [0, 0.05) is 0 Å². The molecule has 1 rings (SSSR count). The lowest BCUT2D eigenvalue weighted by Crippen LogP contribution is -1.81. The van der Waals surface area contributed by atoms with Crippen LogP contribution in [-0.4, -0.2) is 0 Å². The van der Waals surface area contributed by atoms with Crippen molar-refractivity contribution in [1.82, 2.24) is 0 Å². The van der Waals surface area contributed by atoms with E-state index in [-0.39, 0.29) is 0 Å². The van der Waals surface area contributed by atoms with E-state index in [9.17, 15) is 0 Å². The average Bonchev–Trinajstić information content (AvgIpc) is 1.69. The van der Waals surface area contributed by atoms with Gasteiger partial charge in [0.1, 0.15) is 0 Å². The highest BCUT2D eigenvalue weighted by Gasteiger charge is 1.90. The second-order valence-electron chi connectivity index (χ2n) is 1.65. The van der Waals surface area contributed by atoms with Crippen molar-refractivity contribution < 1.29 is 0 Å². The first-order valence-corrected chi connectivity index (χ1v) is 3.32.